The van der Waals surface area contributed by atoms with Crippen LogP contribution in [0.15, 0.2) is 54.6 Å². The molecule has 0 fully saturated rings. The Hall–Kier alpha value is -3.35. The summed E-state index contributed by atoms with van der Waals surface area (Å²) in [6.45, 7) is 2.48. The average molecular weight is 470 g/mol. The van der Waals surface area contributed by atoms with Gasteiger partial charge < -0.3 is 20.3 Å². The minimum absolute atomic E-state index is 0.0993. The fourth-order valence-corrected chi connectivity index (χ4v) is 3.87. The minimum atomic E-state index is -0.980. The Bertz CT molecular complexity index is 897. The van der Waals surface area contributed by atoms with Crippen LogP contribution in [0.1, 0.15) is 56.6 Å². The van der Waals surface area contributed by atoms with Gasteiger partial charge in [0.1, 0.15) is 5.75 Å². The van der Waals surface area contributed by atoms with Crippen LogP contribution in [0.4, 0.5) is 4.79 Å². The van der Waals surface area contributed by atoms with Crippen molar-refractivity contribution in [1.82, 2.24) is 5.32 Å². The van der Waals surface area contributed by atoms with Gasteiger partial charge in [-0.15, -0.1) is 0 Å². The first-order valence-corrected chi connectivity index (χ1v) is 11.9. The number of amides is 1. The van der Waals surface area contributed by atoms with Crippen molar-refractivity contribution < 1.29 is 29.3 Å². The highest BCUT2D eigenvalue weighted by molar-refractivity contribution is 5.73. The number of aryl methyl sites for hydroxylation is 2. The molecule has 184 valence electrons. The van der Waals surface area contributed by atoms with E-state index in [0.717, 1.165) is 18.4 Å². The third-order valence-electron chi connectivity index (χ3n) is 5.81. The van der Waals surface area contributed by atoms with E-state index in [9.17, 15) is 24.6 Å². The third kappa shape index (κ3) is 10.1. The van der Waals surface area contributed by atoms with Crippen molar-refractivity contribution in [2.24, 2.45) is 11.8 Å². The van der Waals surface area contributed by atoms with Crippen LogP contribution in [0.3, 0.4) is 0 Å². The molecule has 0 heterocycles. The number of unbranched alkanes of at least 4 members (excludes halogenated alkanes) is 1. The number of benzene rings is 2. The molecule has 7 nitrogen and oxygen atoms in total. The predicted molar refractivity (Wildman–Crippen MR) is 130 cm³/mol. The van der Waals surface area contributed by atoms with Gasteiger partial charge in [-0.25, -0.2) is 4.79 Å². The summed E-state index contributed by atoms with van der Waals surface area (Å²) in [7, 11) is 0. The number of carboxylic acids is 2. The number of ether oxygens (including phenoxy) is 1. The van der Waals surface area contributed by atoms with E-state index in [4.69, 9.17) is 4.74 Å². The number of aliphatic carboxylic acids is 2. The van der Waals surface area contributed by atoms with Gasteiger partial charge in [-0.2, -0.15) is 0 Å². The molecular formula is C27H35NO6. The summed E-state index contributed by atoms with van der Waals surface area (Å²) in [6, 6.07) is 16.9. The van der Waals surface area contributed by atoms with Crippen LogP contribution in [0, 0.1) is 11.8 Å². The van der Waals surface area contributed by atoms with Crippen LogP contribution in [-0.2, 0) is 22.4 Å². The van der Waals surface area contributed by atoms with E-state index < -0.39 is 29.9 Å². The maximum atomic E-state index is 11.8. The van der Waals surface area contributed by atoms with Crippen LogP contribution < -0.4 is 10.1 Å². The lowest BCUT2D eigenvalue weighted by Gasteiger charge is -2.18. The Morgan fingerprint density at radius 3 is 2.00 bits per heavy atom. The quantitative estimate of drug-likeness (QED) is 0.304. The van der Waals surface area contributed by atoms with Crippen LogP contribution in [-0.4, -0.2) is 34.8 Å². The first-order valence-electron chi connectivity index (χ1n) is 11.9. The van der Waals surface area contributed by atoms with Crippen LogP contribution in [0.25, 0.3) is 0 Å². The van der Waals surface area contributed by atoms with Crippen LogP contribution in [0.2, 0.25) is 0 Å². The van der Waals surface area contributed by atoms with Crippen molar-refractivity contribution in [1.29, 1.82) is 0 Å². The van der Waals surface area contributed by atoms with Crippen LogP contribution >= 0.6 is 0 Å². The number of carbonyl (C=O) groups excluding carboxylic acids is 1. The summed E-state index contributed by atoms with van der Waals surface area (Å²) in [6.07, 6.45) is 4.13. The number of para-hydroxylation sites is 1. The zero-order chi connectivity index (χ0) is 24.8. The molecule has 0 saturated carbocycles. The van der Waals surface area contributed by atoms with Crippen molar-refractivity contribution in [2.45, 2.75) is 58.3 Å². The fourth-order valence-electron chi connectivity index (χ4n) is 3.87. The lowest BCUT2D eigenvalue weighted by molar-refractivity contribution is -0.146. The Kier molecular flexibility index (Phi) is 11.7. The molecule has 34 heavy (non-hydrogen) atoms. The number of hydrogen-bond donors (Lipinski definition) is 3. The zero-order valence-electron chi connectivity index (χ0n) is 19.7. The molecule has 0 bridgehead atoms. The minimum Gasteiger partial charge on any atom is -0.481 e. The van der Waals surface area contributed by atoms with Crippen molar-refractivity contribution in [3.05, 3.63) is 65.7 Å². The zero-order valence-corrected chi connectivity index (χ0v) is 19.7. The molecule has 0 saturated heterocycles. The fraction of sp³-hybridized carbons (Fsp3) is 0.444. The van der Waals surface area contributed by atoms with Crippen molar-refractivity contribution in [3.63, 3.8) is 0 Å². The molecule has 0 aliphatic heterocycles. The van der Waals surface area contributed by atoms with Gasteiger partial charge in [0.15, 0.2) is 0 Å². The Balaban J connectivity index is 1.74. The molecule has 2 rings (SSSR count). The molecule has 0 spiro atoms. The molecule has 0 radical (unpaired) electrons. The van der Waals surface area contributed by atoms with Gasteiger partial charge in [-0.1, -0.05) is 62.2 Å². The van der Waals surface area contributed by atoms with E-state index in [-0.39, 0.29) is 6.42 Å². The molecule has 1 unspecified atom stereocenters. The molecule has 1 amide bonds. The summed E-state index contributed by atoms with van der Waals surface area (Å²) >= 11 is 0. The van der Waals surface area contributed by atoms with Crippen molar-refractivity contribution >= 4 is 18.0 Å². The largest absolute Gasteiger partial charge is 0.481 e. The van der Waals surface area contributed by atoms with E-state index in [1.54, 1.807) is 24.3 Å². The second kappa shape index (κ2) is 14.7. The van der Waals surface area contributed by atoms with Gasteiger partial charge in [0.05, 0.1) is 11.8 Å². The maximum absolute atomic E-state index is 11.8. The van der Waals surface area contributed by atoms with E-state index >= 15 is 0 Å². The van der Waals surface area contributed by atoms with Gasteiger partial charge in [0.2, 0.25) is 0 Å². The molecule has 3 N–H and O–H groups in total. The molecule has 0 aliphatic carbocycles. The molecule has 2 aromatic carbocycles. The Labute approximate surface area is 201 Å². The topological polar surface area (TPSA) is 113 Å². The maximum Gasteiger partial charge on any atom is 0.412 e. The van der Waals surface area contributed by atoms with Crippen molar-refractivity contribution in [3.8, 4) is 5.75 Å². The number of carbonyl (C=O) groups is 3. The van der Waals surface area contributed by atoms with E-state index in [1.165, 1.54) is 5.56 Å². The monoisotopic (exact) mass is 469 g/mol. The Morgan fingerprint density at radius 1 is 0.824 bits per heavy atom. The highest BCUT2D eigenvalue weighted by atomic mass is 16.6. The third-order valence-corrected chi connectivity index (χ3v) is 5.81. The summed E-state index contributed by atoms with van der Waals surface area (Å²) in [5, 5.41) is 21.9. The van der Waals surface area contributed by atoms with Gasteiger partial charge in [0, 0.05) is 6.54 Å². The lowest BCUT2D eigenvalue weighted by Crippen LogP contribution is -2.28. The molecule has 0 aliphatic rings. The summed E-state index contributed by atoms with van der Waals surface area (Å²) in [4.78, 5) is 35.3. The van der Waals surface area contributed by atoms with Gasteiger partial charge in [-0.05, 0) is 61.8 Å². The predicted octanol–water partition coefficient (Wildman–Crippen LogP) is 5.32. The normalized spacial score (nSPS) is 12.5. The van der Waals surface area contributed by atoms with Gasteiger partial charge in [0.25, 0.3) is 0 Å². The number of rotatable bonds is 15. The molecule has 0 aromatic heterocycles. The second-order valence-corrected chi connectivity index (χ2v) is 8.54. The first kappa shape index (κ1) is 26.9. The SMILES string of the molecule is CCCc1ccc(CC[C@H](CC(CCCCNC(=O)Oc2ccccc2)C(=O)O)C(=O)O)cc1. The van der Waals surface area contributed by atoms with Gasteiger partial charge in [-0.3, -0.25) is 9.59 Å². The van der Waals surface area contributed by atoms with Crippen LogP contribution in [0.5, 0.6) is 5.75 Å². The average Bonchev–Trinajstić information content (AvgIpc) is 2.81. The van der Waals surface area contributed by atoms with E-state index in [2.05, 4.69) is 24.4 Å². The highest BCUT2D eigenvalue weighted by Crippen LogP contribution is 2.23. The standard InChI is InChI=1S/C27H35NO6/c1-2-8-20-12-14-21(15-13-20)16-17-23(26(31)32)19-22(25(29)30)9-6-7-18-28-27(33)34-24-10-4-3-5-11-24/h3-5,10-15,22-23H,2,6-9,16-19H2,1H3,(H,28,33)(H,29,30)(H,31,32)/t22?,23-/m1/s1. The number of nitrogens with one attached hydrogen (secondary N) is 1. The molecule has 2 atom stereocenters. The van der Waals surface area contributed by atoms with E-state index in [0.29, 0.717) is 44.4 Å². The molecule has 2 aromatic rings. The summed E-state index contributed by atoms with van der Waals surface area (Å²) in [5.41, 5.74) is 2.32. The second-order valence-electron chi connectivity index (χ2n) is 8.54. The van der Waals surface area contributed by atoms with Gasteiger partial charge >= 0.3 is 18.0 Å². The highest BCUT2D eigenvalue weighted by Gasteiger charge is 2.26. The Morgan fingerprint density at radius 2 is 1.41 bits per heavy atom. The summed E-state index contributed by atoms with van der Waals surface area (Å²) in [5.74, 6) is -2.94. The lowest BCUT2D eigenvalue weighted by atomic mass is 9.87. The molecular weight excluding hydrogens is 434 g/mol. The van der Waals surface area contributed by atoms with Crippen molar-refractivity contribution in [2.75, 3.05) is 6.54 Å². The number of hydrogen-bond acceptors (Lipinski definition) is 4. The first-order chi connectivity index (χ1) is 16.4. The molecule has 7 heteroatoms. The smallest absolute Gasteiger partial charge is 0.412 e. The van der Waals surface area contributed by atoms with E-state index in [1.807, 2.05) is 18.2 Å². The summed E-state index contributed by atoms with van der Waals surface area (Å²) < 4.78 is 5.13. The number of carboxylic acid groups (broad SMARTS) is 2.